The van der Waals surface area contributed by atoms with Gasteiger partial charge in [0.1, 0.15) is 0 Å². The summed E-state index contributed by atoms with van der Waals surface area (Å²) in [6.45, 7) is 4.42. The third-order valence-electron chi connectivity index (χ3n) is 3.79. The van der Waals surface area contributed by atoms with Crippen LogP contribution in [0.2, 0.25) is 5.02 Å². The molecular formula is C13H17ClN2O. The normalized spacial score (nSPS) is 28.1. The first-order valence-corrected chi connectivity index (χ1v) is 6.37. The Morgan fingerprint density at radius 2 is 2.24 bits per heavy atom. The molecule has 1 aliphatic carbocycles. The molecule has 0 spiro atoms. The molecule has 3 atom stereocenters. The van der Waals surface area contributed by atoms with Crippen LogP contribution in [0.25, 0.3) is 0 Å². The van der Waals surface area contributed by atoms with Crippen molar-refractivity contribution in [2.24, 2.45) is 11.8 Å². The molecule has 1 N–H and O–H groups in total. The van der Waals surface area contributed by atoms with Gasteiger partial charge in [-0.05, 0) is 30.7 Å². The second kappa shape index (κ2) is 5.05. The largest absolute Gasteiger partial charge is 0.349 e. The number of nitrogens with zero attached hydrogens (tertiary/aromatic N) is 1. The minimum absolute atomic E-state index is 0.117. The van der Waals surface area contributed by atoms with Crippen LogP contribution >= 0.6 is 11.6 Å². The van der Waals surface area contributed by atoms with Gasteiger partial charge >= 0.3 is 0 Å². The first kappa shape index (κ1) is 12.4. The Morgan fingerprint density at radius 1 is 1.47 bits per heavy atom. The predicted molar refractivity (Wildman–Crippen MR) is 68.1 cm³/mol. The van der Waals surface area contributed by atoms with E-state index in [1.54, 1.807) is 12.3 Å². The Morgan fingerprint density at radius 3 is 2.82 bits per heavy atom. The highest BCUT2D eigenvalue weighted by Crippen LogP contribution is 2.31. The Bertz CT molecular complexity index is 422. The van der Waals surface area contributed by atoms with Gasteiger partial charge in [-0.1, -0.05) is 25.4 Å². The van der Waals surface area contributed by atoms with Crippen LogP contribution in [0.1, 0.15) is 37.0 Å². The Hall–Kier alpha value is -1.09. The maximum Gasteiger partial charge on any atom is 0.254 e. The number of hydrogen-bond donors (Lipinski definition) is 1. The fourth-order valence-electron chi connectivity index (χ4n) is 2.36. The molecule has 1 fully saturated rings. The lowest BCUT2D eigenvalue weighted by atomic mass is 9.97. The molecule has 1 saturated carbocycles. The van der Waals surface area contributed by atoms with Crippen LogP contribution in [0, 0.1) is 11.8 Å². The summed E-state index contributed by atoms with van der Waals surface area (Å²) in [6.07, 6.45) is 5.32. The molecule has 0 radical (unpaired) electrons. The smallest absolute Gasteiger partial charge is 0.254 e. The Labute approximate surface area is 107 Å². The summed E-state index contributed by atoms with van der Waals surface area (Å²) in [4.78, 5) is 16.0. The van der Waals surface area contributed by atoms with Gasteiger partial charge in [0.25, 0.3) is 5.91 Å². The van der Waals surface area contributed by atoms with Gasteiger partial charge in [-0.3, -0.25) is 9.78 Å². The van der Waals surface area contributed by atoms with E-state index in [0.717, 1.165) is 6.42 Å². The molecular weight excluding hydrogens is 236 g/mol. The number of aromatic nitrogens is 1. The van der Waals surface area contributed by atoms with E-state index in [9.17, 15) is 4.79 Å². The van der Waals surface area contributed by atoms with E-state index < -0.39 is 0 Å². The van der Waals surface area contributed by atoms with Crippen LogP contribution in [0.3, 0.4) is 0 Å². The molecule has 1 heterocycles. The van der Waals surface area contributed by atoms with Crippen LogP contribution in [0.15, 0.2) is 18.5 Å². The molecule has 3 unspecified atom stereocenters. The van der Waals surface area contributed by atoms with Crippen molar-refractivity contribution >= 4 is 17.5 Å². The molecule has 4 heteroatoms. The summed E-state index contributed by atoms with van der Waals surface area (Å²) >= 11 is 5.97. The summed E-state index contributed by atoms with van der Waals surface area (Å²) in [5.41, 5.74) is 0.459. The number of rotatable bonds is 2. The quantitative estimate of drug-likeness (QED) is 0.879. The standard InChI is InChI=1S/C13H17ClN2O/c1-8-3-4-12(9(8)2)16-13(17)10-7-15-6-5-11(10)14/h5-9,12H,3-4H2,1-2H3,(H,16,17). The summed E-state index contributed by atoms with van der Waals surface area (Å²) in [7, 11) is 0. The van der Waals surface area contributed by atoms with Crippen LogP contribution in [-0.2, 0) is 0 Å². The second-order valence-corrected chi connectivity index (χ2v) is 5.26. The molecule has 0 saturated heterocycles. The van der Waals surface area contributed by atoms with E-state index >= 15 is 0 Å². The number of halogens is 1. The highest BCUT2D eigenvalue weighted by molar-refractivity contribution is 6.33. The van der Waals surface area contributed by atoms with Crippen LogP contribution < -0.4 is 5.32 Å². The van der Waals surface area contributed by atoms with Crippen LogP contribution in [0.5, 0.6) is 0 Å². The molecule has 17 heavy (non-hydrogen) atoms. The average Bonchev–Trinajstić information content (AvgIpc) is 2.61. The van der Waals surface area contributed by atoms with Gasteiger partial charge in [0, 0.05) is 18.4 Å². The lowest BCUT2D eigenvalue weighted by molar-refractivity contribution is 0.0927. The molecule has 0 aromatic carbocycles. The number of hydrogen-bond acceptors (Lipinski definition) is 2. The molecule has 1 aromatic heterocycles. The molecule has 0 bridgehead atoms. The van der Waals surface area contributed by atoms with Crippen molar-refractivity contribution in [3.63, 3.8) is 0 Å². The lowest BCUT2D eigenvalue weighted by Crippen LogP contribution is -2.37. The third-order valence-corrected chi connectivity index (χ3v) is 4.12. The van der Waals surface area contributed by atoms with Crippen molar-refractivity contribution < 1.29 is 4.79 Å². The SMILES string of the molecule is CC1CCC(NC(=O)c2cnccc2Cl)C1C. The maximum atomic E-state index is 12.0. The zero-order valence-corrected chi connectivity index (χ0v) is 10.9. The van der Waals surface area contributed by atoms with Gasteiger partial charge in [0.15, 0.2) is 0 Å². The van der Waals surface area contributed by atoms with Crippen molar-refractivity contribution in [1.82, 2.24) is 10.3 Å². The van der Waals surface area contributed by atoms with Gasteiger partial charge in [-0.2, -0.15) is 0 Å². The van der Waals surface area contributed by atoms with E-state index in [1.165, 1.54) is 12.6 Å². The molecule has 0 aliphatic heterocycles. The summed E-state index contributed by atoms with van der Waals surface area (Å²) in [6, 6.07) is 1.89. The lowest BCUT2D eigenvalue weighted by Gasteiger charge is -2.19. The third kappa shape index (κ3) is 2.60. The van der Waals surface area contributed by atoms with E-state index in [0.29, 0.717) is 22.4 Å². The van der Waals surface area contributed by atoms with E-state index in [-0.39, 0.29) is 11.9 Å². The first-order valence-electron chi connectivity index (χ1n) is 6.00. The molecule has 1 amide bonds. The van der Waals surface area contributed by atoms with Gasteiger partial charge in [0.05, 0.1) is 10.6 Å². The Balaban J connectivity index is 2.05. The predicted octanol–water partition coefficient (Wildman–Crippen LogP) is 2.90. The molecule has 3 nitrogen and oxygen atoms in total. The van der Waals surface area contributed by atoms with Crippen molar-refractivity contribution in [2.45, 2.75) is 32.7 Å². The topological polar surface area (TPSA) is 42.0 Å². The molecule has 2 rings (SSSR count). The van der Waals surface area contributed by atoms with Crippen molar-refractivity contribution in [3.05, 3.63) is 29.0 Å². The zero-order chi connectivity index (χ0) is 12.4. The second-order valence-electron chi connectivity index (χ2n) is 4.85. The van der Waals surface area contributed by atoms with Crippen molar-refractivity contribution in [2.75, 3.05) is 0 Å². The number of carbonyl (C=O) groups excluding carboxylic acids is 1. The number of amides is 1. The highest BCUT2D eigenvalue weighted by Gasteiger charge is 2.31. The first-order chi connectivity index (χ1) is 8.09. The minimum Gasteiger partial charge on any atom is -0.349 e. The Kier molecular flexibility index (Phi) is 3.67. The number of nitrogens with one attached hydrogen (secondary N) is 1. The van der Waals surface area contributed by atoms with E-state index in [1.807, 2.05) is 0 Å². The van der Waals surface area contributed by atoms with Crippen LogP contribution in [-0.4, -0.2) is 16.9 Å². The summed E-state index contributed by atoms with van der Waals surface area (Å²) in [5, 5.41) is 3.51. The molecule has 92 valence electrons. The molecule has 1 aromatic rings. The fourth-order valence-corrected chi connectivity index (χ4v) is 2.55. The number of pyridine rings is 1. The highest BCUT2D eigenvalue weighted by atomic mass is 35.5. The average molecular weight is 253 g/mol. The molecule has 1 aliphatic rings. The zero-order valence-electron chi connectivity index (χ0n) is 10.1. The van der Waals surface area contributed by atoms with Gasteiger partial charge in [-0.15, -0.1) is 0 Å². The van der Waals surface area contributed by atoms with Gasteiger partial charge in [0.2, 0.25) is 0 Å². The fraction of sp³-hybridized carbons (Fsp3) is 0.538. The van der Waals surface area contributed by atoms with Crippen LogP contribution in [0.4, 0.5) is 0 Å². The maximum absolute atomic E-state index is 12.0. The summed E-state index contributed by atoms with van der Waals surface area (Å²) in [5.74, 6) is 1.08. The summed E-state index contributed by atoms with van der Waals surface area (Å²) < 4.78 is 0. The van der Waals surface area contributed by atoms with Crippen molar-refractivity contribution in [3.8, 4) is 0 Å². The minimum atomic E-state index is -0.117. The van der Waals surface area contributed by atoms with Crippen molar-refractivity contribution in [1.29, 1.82) is 0 Å². The van der Waals surface area contributed by atoms with Gasteiger partial charge in [-0.25, -0.2) is 0 Å². The monoisotopic (exact) mass is 252 g/mol. The van der Waals surface area contributed by atoms with E-state index in [2.05, 4.69) is 24.1 Å². The van der Waals surface area contributed by atoms with E-state index in [4.69, 9.17) is 11.6 Å². The van der Waals surface area contributed by atoms with Gasteiger partial charge < -0.3 is 5.32 Å². The number of carbonyl (C=O) groups is 1.